The molecule has 1 nitrogen and oxygen atoms in total. The fourth-order valence-corrected chi connectivity index (χ4v) is 3.53. The summed E-state index contributed by atoms with van der Waals surface area (Å²) < 4.78 is 12.2. The Morgan fingerprint density at radius 2 is 1.77 bits per heavy atom. The normalized spacial score (nSPS) is 21.7. The molecule has 0 aromatic heterocycles. The van der Waals surface area contributed by atoms with Crippen LogP contribution in [0.2, 0.25) is 0 Å². The van der Waals surface area contributed by atoms with Crippen LogP contribution in [0.4, 0.5) is 4.39 Å². The van der Waals surface area contributed by atoms with Crippen molar-refractivity contribution in [3.8, 4) is 0 Å². The van der Waals surface area contributed by atoms with Gasteiger partial charge in [-0.3, -0.25) is 9.18 Å². The van der Waals surface area contributed by atoms with Crippen molar-refractivity contribution in [2.24, 2.45) is 5.92 Å². The first-order valence-corrected chi connectivity index (χ1v) is 8.92. The van der Waals surface area contributed by atoms with E-state index < -0.39 is 0 Å². The van der Waals surface area contributed by atoms with Gasteiger partial charge in [-0.15, -0.1) is 0 Å². The molecular formula is C20H29FO. The maximum Gasteiger partial charge on any atom is 0.135 e. The summed E-state index contributed by atoms with van der Waals surface area (Å²) in [6.45, 7) is 1.90. The molecule has 2 heteroatoms. The first-order chi connectivity index (χ1) is 10.7. The van der Waals surface area contributed by atoms with Gasteiger partial charge < -0.3 is 0 Å². The lowest BCUT2D eigenvalue weighted by Gasteiger charge is -2.28. The fourth-order valence-electron chi connectivity index (χ4n) is 3.53. The molecule has 1 aliphatic rings. The van der Waals surface area contributed by atoms with Crippen molar-refractivity contribution in [1.29, 1.82) is 0 Å². The van der Waals surface area contributed by atoms with Crippen LogP contribution in [0.3, 0.4) is 0 Å². The van der Waals surface area contributed by atoms with Crippen molar-refractivity contribution < 1.29 is 9.18 Å². The van der Waals surface area contributed by atoms with Gasteiger partial charge in [0.2, 0.25) is 0 Å². The van der Waals surface area contributed by atoms with Crippen molar-refractivity contribution in [3.05, 3.63) is 35.4 Å². The average Bonchev–Trinajstić information content (AvgIpc) is 2.58. The van der Waals surface area contributed by atoms with Crippen molar-refractivity contribution in [3.63, 3.8) is 0 Å². The third-order valence-electron chi connectivity index (χ3n) is 5.01. The van der Waals surface area contributed by atoms with Crippen molar-refractivity contribution in [2.75, 3.05) is 6.67 Å². The Labute approximate surface area is 134 Å². The lowest BCUT2D eigenvalue weighted by molar-refractivity contribution is -0.124. The number of benzene rings is 1. The quantitative estimate of drug-likeness (QED) is 0.609. The van der Waals surface area contributed by atoms with Crippen LogP contribution in [-0.4, -0.2) is 12.5 Å². The summed E-state index contributed by atoms with van der Waals surface area (Å²) in [6.07, 6.45) is 8.73. The van der Waals surface area contributed by atoms with Crippen LogP contribution in [0.25, 0.3) is 0 Å². The SMILES string of the molecule is CCCCC(=O)C1CCC(c2ccc(CCCF)cc2)CC1. The second-order valence-corrected chi connectivity index (χ2v) is 6.65. The number of carbonyl (C=O) groups excluding carboxylic acids is 1. The first kappa shape index (κ1) is 17.2. The summed E-state index contributed by atoms with van der Waals surface area (Å²) in [6, 6.07) is 8.70. The molecule has 122 valence electrons. The van der Waals surface area contributed by atoms with Gasteiger partial charge in [-0.05, 0) is 62.0 Å². The number of unbranched alkanes of at least 4 members (excludes halogenated alkanes) is 1. The van der Waals surface area contributed by atoms with Crippen molar-refractivity contribution in [1.82, 2.24) is 0 Å². The van der Waals surface area contributed by atoms with Crippen LogP contribution in [0.5, 0.6) is 0 Å². The monoisotopic (exact) mass is 304 g/mol. The summed E-state index contributed by atoms with van der Waals surface area (Å²) >= 11 is 0. The van der Waals surface area contributed by atoms with Gasteiger partial charge in [0.25, 0.3) is 0 Å². The molecular weight excluding hydrogens is 275 g/mol. The first-order valence-electron chi connectivity index (χ1n) is 8.92. The third-order valence-corrected chi connectivity index (χ3v) is 5.01. The molecule has 0 bridgehead atoms. The highest BCUT2D eigenvalue weighted by atomic mass is 19.1. The molecule has 1 fully saturated rings. The summed E-state index contributed by atoms with van der Waals surface area (Å²) in [4.78, 5) is 12.1. The molecule has 0 unspecified atom stereocenters. The number of alkyl halides is 1. The highest BCUT2D eigenvalue weighted by Crippen LogP contribution is 2.36. The Kier molecular flexibility index (Phi) is 7.08. The lowest BCUT2D eigenvalue weighted by atomic mass is 9.76. The standard InChI is InChI=1S/C20H29FO/c1-2-3-6-20(22)19-13-11-18(12-14-19)17-9-7-16(8-10-17)5-4-15-21/h7-10,18-19H,2-6,11-15H2,1H3. The van der Waals surface area contributed by atoms with Crippen molar-refractivity contribution >= 4 is 5.78 Å². The third kappa shape index (κ3) is 4.93. The number of hydrogen-bond acceptors (Lipinski definition) is 1. The van der Waals surface area contributed by atoms with E-state index in [2.05, 4.69) is 31.2 Å². The fraction of sp³-hybridized carbons (Fsp3) is 0.650. The average molecular weight is 304 g/mol. The smallest absolute Gasteiger partial charge is 0.135 e. The second-order valence-electron chi connectivity index (χ2n) is 6.65. The van der Waals surface area contributed by atoms with Crippen LogP contribution >= 0.6 is 0 Å². The lowest BCUT2D eigenvalue weighted by Crippen LogP contribution is -2.21. The summed E-state index contributed by atoms with van der Waals surface area (Å²) in [5.41, 5.74) is 2.62. The van der Waals surface area contributed by atoms with Crippen LogP contribution in [-0.2, 0) is 11.2 Å². The van der Waals surface area contributed by atoms with Gasteiger partial charge >= 0.3 is 0 Å². The van der Waals surface area contributed by atoms with Gasteiger partial charge in [0.05, 0.1) is 6.67 Å². The molecule has 0 saturated heterocycles. The molecule has 0 N–H and O–H groups in total. The molecule has 0 heterocycles. The molecule has 1 aromatic rings. The van der Waals surface area contributed by atoms with Gasteiger partial charge in [-0.2, -0.15) is 0 Å². The van der Waals surface area contributed by atoms with Gasteiger partial charge in [0.15, 0.2) is 0 Å². The number of aryl methyl sites for hydroxylation is 1. The highest BCUT2D eigenvalue weighted by Gasteiger charge is 2.26. The maximum absolute atomic E-state index is 12.2. The van der Waals surface area contributed by atoms with Gasteiger partial charge in [0, 0.05) is 12.3 Å². The topological polar surface area (TPSA) is 17.1 Å². The van der Waals surface area contributed by atoms with E-state index in [1.165, 1.54) is 11.1 Å². The minimum absolute atomic E-state index is 0.238. The number of Topliss-reactive ketones (excluding diaryl/α,β-unsaturated/α-hetero) is 1. The van der Waals surface area contributed by atoms with E-state index in [0.717, 1.165) is 51.4 Å². The van der Waals surface area contributed by atoms with Gasteiger partial charge in [-0.1, -0.05) is 37.6 Å². The summed E-state index contributed by atoms with van der Waals surface area (Å²) in [7, 11) is 0. The number of ketones is 1. The molecule has 0 aliphatic heterocycles. The minimum Gasteiger partial charge on any atom is -0.299 e. The molecule has 1 aliphatic carbocycles. The Balaban J connectivity index is 1.82. The predicted molar refractivity (Wildman–Crippen MR) is 90.0 cm³/mol. The zero-order valence-electron chi connectivity index (χ0n) is 13.8. The Morgan fingerprint density at radius 3 is 2.36 bits per heavy atom. The van der Waals surface area contributed by atoms with Gasteiger partial charge in [-0.25, -0.2) is 0 Å². The number of halogens is 1. The van der Waals surface area contributed by atoms with E-state index in [-0.39, 0.29) is 6.67 Å². The van der Waals surface area contributed by atoms with Crippen molar-refractivity contribution in [2.45, 2.75) is 70.6 Å². The van der Waals surface area contributed by atoms with Crippen LogP contribution in [0.15, 0.2) is 24.3 Å². The van der Waals surface area contributed by atoms with Gasteiger partial charge in [0.1, 0.15) is 5.78 Å². The number of rotatable bonds is 8. The molecule has 0 radical (unpaired) electrons. The molecule has 1 saturated carbocycles. The summed E-state index contributed by atoms with van der Waals surface area (Å²) in [5.74, 6) is 1.40. The van der Waals surface area contributed by atoms with Crippen LogP contribution in [0.1, 0.15) is 75.3 Å². The van der Waals surface area contributed by atoms with E-state index in [1.807, 2.05) is 0 Å². The van der Waals surface area contributed by atoms with Crippen LogP contribution < -0.4 is 0 Å². The maximum atomic E-state index is 12.2. The molecule has 0 spiro atoms. The molecule has 22 heavy (non-hydrogen) atoms. The van der Waals surface area contributed by atoms with E-state index >= 15 is 0 Å². The van der Waals surface area contributed by atoms with E-state index in [9.17, 15) is 9.18 Å². The zero-order valence-corrected chi connectivity index (χ0v) is 13.8. The number of hydrogen-bond donors (Lipinski definition) is 0. The van der Waals surface area contributed by atoms with E-state index in [0.29, 0.717) is 24.0 Å². The number of carbonyl (C=O) groups is 1. The minimum atomic E-state index is -0.238. The largest absolute Gasteiger partial charge is 0.299 e. The summed E-state index contributed by atoms with van der Waals surface area (Å²) in [5, 5.41) is 0. The van der Waals surface area contributed by atoms with Crippen LogP contribution in [0, 0.1) is 5.92 Å². The zero-order chi connectivity index (χ0) is 15.8. The Bertz CT molecular complexity index is 443. The Morgan fingerprint density at radius 1 is 1.09 bits per heavy atom. The highest BCUT2D eigenvalue weighted by molar-refractivity contribution is 5.81. The predicted octanol–water partition coefficient (Wildman–Crippen LogP) is 5.62. The molecule has 0 atom stereocenters. The molecule has 0 amide bonds. The van der Waals surface area contributed by atoms with E-state index in [4.69, 9.17) is 0 Å². The van der Waals surface area contributed by atoms with E-state index in [1.54, 1.807) is 0 Å². The molecule has 2 rings (SSSR count). The Hall–Kier alpha value is -1.18. The second kappa shape index (κ2) is 9.07. The molecule has 1 aromatic carbocycles.